The monoisotopic (exact) mass is 454 g/mol. The van der Waals surface area contributed by atoms with E-state index in [4.69, 9.17) is 0 Å². The zero-order valence-electron chi connectivity index (χ0n) is 19.7. The van der Waals surface area contributed by atoms with E-state index in [9.17, 15) is 13.2 Å². The van der Waals surface area contributed by atoms with Gasteiger partial charge in [0.25, 0.3) is 0 Å². The fourth-order valence-electron chi connectivity index (χ4n) is 4.39. The van der Waals surface area contributed by atoms with Crippen LogP contribution in [0.15, 0.2) is 61.0 Å². The molecule has 2 unspecified atom stereocenters. The number of nitrogens with one attached hydrogen (secondary N) is 2. The second-order valence-electron chi connectivity index (χ2n) is 8.81. The van der Waals surface area contributed by atoms with E-state index in [2.05, 4.69) is 37.6 Å². The minimum atomic E-state index is -0.613. The summed E-state index contributed by atoms with van der Waals surface area (Å²) < 4.78 is 42.5. The van der Waals surface area contributed by atoms with E-state index in [1.54, 1.807) is 19.1 Å². The van der Waals surface area contributed by atoms with Gasteiger partial charge in [-0.2, -0.15) is 0 Å². The van der Waals surface area contributed by atoms with Crippen molar-refractivity contribution in [1.29, 1.82) is 0 Å². The first-order chi connectivity index (χ1) is 15.7. The Hall–Kier alpha value is -2.95. The van der Waals surface area contributed by atoms with Crippen molar-refractivity contribution in [2.45, 2.75) is 52.5 Å². The molecule has 33 heavy (non-hydrogen) atoms. The highest BCUT2D eigenvalue weighted by atomic mass is 19.1. The number of hydrogen-bond acceptors (Lipinski definition) is 2. The minimum absolute atomic E-state index is 0.108. The molecule has 2 nitrogen and oxygen atoms in total. The maximum Gasteiger partial charge on any atom is 0.129 e. The van der Waals surface area contributed by atoms with Crippen molar-refractivity contribution >= 4 is 11.1 Å². The smallest absolute Gasteiger partial charge is 0.129 e. The number of benzene rings is 2. The average Bonchev–Trinajstić information content (AvgIpc) is 3.18. The van der Waals surface area contributed by atoms with Crippen molar-refractivity contribution in [3.63, 3.8) is 0 Å². The highest BCUT2D eigenvalue weighted by molar-refractivity contribution is 5.92. The van der Waals surface area contributed by atoms with Gasteiger partial charge in [-0.3, -0.25) is 0 Å². The molecular weight excluding hydrogens is 421 g/mol. The van der Waals surface area contributed by atoms with Crippen molar-refractivity contribution in [1.82, 2.24) is 10.6 Å². The van der Waals surface area contributed by atoms with Crippen molar-refractivity contribution in [2.24, 2.45) is 5.92 Å². The molecule has 2 N–H and O–H groups in total. The molecule has 176 valence electrons. The molecule has 0 bridgehead atoms. The molecule has 1 saturated heterocycles. The summed E-state index contributed by atoms with van der Waals surface area (Å²) in [7, 11) is 0. The molecule has 1 aliphatic heterocycles. The summed E-state index contributed by atoms with van der Waals surface area (Å²) in [5.41, 5.74) is 5.44. The van der Waals surface area contributed by atoms with Gasteiger partial charge in [-0.05, 0) is 84.6 Å². The van der Waals surface area contributed by atoms with E-state index in [1.807, 2.05) is 0 Å². The number of halogens is 3. The van der Waals surface area contributed by atoms with Gasteiger partial charge in [0.15, 0.2) is 0 Å². The zero-order chi connectivity index (χ0) is 24.1. The lowest BCUT2D eigenvalue weighted by molar-refractivity contribution is 0.576. The average molecular weight is 455 g/mol. The molecule has 2 aromatic carbocycles. The molecule has 5 heteroatoms. The lowest BCUT2D eigenvalue weighted by atomic mass is 9.82. The third-order valence-corrected chi connectivity index (χ3v) is 6.48. The fourth-order valence-corrected chi connectivity index (χ4v) is 4.39. The first-order valence-electron chi connectivity index (χ1n) is 11.5. The van der Waals surface area contributed by atoms with Crippen molar-refractivity contribution < 1.29 is 13.2 Å². The van der Waals surface area contributed by atoms with Crippen molar-refractivity contribution in [3.05, 3.63) is 95.1 Å². The van der Waals surface area contributed by atoms with Crippen molar-refractivity contribution in [2.75, 3.05) is 6.54 Å². The van der Waals surface area contributed by atoms with Gasteiger partial charge in [0.2, 0.25) is 0 Å². The van der Waals surface area contributed by atoms with Crippen LogP contribution in [-0.2, 0) is 0 Å². The van der Waals surface area contributed by atoms with E-state index in [0.29, 0.717) is 24.0 Å². The second kappa shape index (κ2) is 10.8. The van der Waals surface area contributed by atoms with Crippen LogP contribution in [0.5, 0.6) is 0 Å². The van der Waals surface area contributed by atoms with Gasteiger partial charge in [0, 0.05) is 24.0 Å². The molecule has 1 heterocycles. The Morgan fingerprint density at radius 1 is 1.12 bits per heavy atom. The summed E-state index contributed by atoms with van der Waals surface area (Å²) in [5, 5.41) is 6.66. The summed E-state index contributed by atoms with van der Waals surface area (Å²) >= 11 is 0. The molecule has 0 saturated carbocycles. The summed E-state index contributed by atoms with van der Waals surface area (Å²) in [6.07, 6.45) is 2.90. The Morgan fingerprint density at radius 3 is 2.42 bits per heavy atom. The lowest BCUT2D eigenvalue weighted by Gasteiger charge is -2.24. The van der Waals surface area contributed by atoms with Crippen LogP contribution in [0.2, 0.25) is 0 Å². The standard InChI is InChI=1S/C28H33F3N2/c1-6-17(2)28(21-8-10-22(29)11-9-21)24(25-15-23(30)16-26(31)19(25)4)12-7-18(3)33-27-13-14-32-20(27)5/h8-11,15-17,27,32-33H,3,5-7,12-14H2,1-2,4H3/b28-24+. The van der Waals surface area contributed by atoms with Gasteiger partial charge in [-0.1, -0.05) is 39.1 Å². The molecule has 0 amide bonds. The van der Waals surface area contributed by atoms with Gasteiger partial charge in [0.05, 0.1) is 6.04 Å². The van der Waals surface area contributed by atoms with Crippen LogP contribution in [0, 0.1) is 30.3 Å². The van der Waals surface area contributed by atoms with Gasteiger partial charge in [-0.15, -0.1) is 0 Å². The Bertz CT molecular complexity index is 1050. The van der Waals surface area contributed by atoms with Gasteiger partial charge >= 0.3 is 0 Å². The summed E-state index contributed by atoms with van der Waals surface area (Å²) in [5.74, 6) is -1.40. The number of rotatable bonds is 9. The maximum atomic E-state index is 14.6. The van der Waals surface area contributed by atoms with Crippen LogP contribution in [-0.4, -0.2) is 12.6 Å². The topological polar surface area (TPSA) is 24.1 Å². The van der Waals surface area contributed by atoms with E-state index in [1.165, 1.54) is 18.2 Å². The molecule has 2 aromatic rings. The second-order valence-corrected chi connectivity index (χ2v) is 8.81. The largest absolute Gasteiger partial charge is 0.387 e. The van der Waals surface area contributed by atoms with E-state index >= 15 is 0 Å². The van der Waals surface area contributed by atoms with Crippen LogP contribution in [0.1, 0.15) is 56.2 Å². The third-order valence-electron chi connectivity index (χ3n) is 6.48. The Kier molecular flexibility index (Phi) is 8.06. The van der Waals surface area contributed by atoms with E-state index < -0.39 is 11.6 Å². The Morgan fingerprint density at radius 2 is 1.82 bits per heavy atom. The molecule has 0 aromatic heterocycles. The van der Waals surface area contributed by atoms with Gasteiger partial charge in [-0.25, -0.2) is 13.2 Å². The summed E-state index contributed by atoms with van der Waals surface area (Å²) in [4.78, 5) is 0. The first-order valence-corrected chi connectivity index (χ1v) is 11.5. The van der Waals surface area contributed by atoms with Gasteiger partial charge in [0.1, 0.15) is 17.5 Å². The molecule has 1 aliphatic rings. The highest BCUT2D eigenvalue weighted by Crippen LogP contribution is 2.39. The van der Waals surface area contributed by atoms with Crippen LogP contribution in [0.3, 0.4) is 0 Å². The molecule has 0 radical (unpaired) electrons. The molecule has 0 aliphatic carbocycles. The Labute approximate surface area is 195 Å². The first kappa shape index (κ1) is 24.7. The predicted molar refractivity (Wildman–Crippen MR) is 131 cm³/mol. The van der Waals surface area contributed by atoms with Gasteiger partial charge < -0.3 is 10.6 Å². The minimum Gasteiger partial charge on any atom is -0.387 e. The van der Waals surface area contributed by atoms with E-state index in [0.717, 1.165) is 53.6 Å². The van der Waals surface area contributed by atoms with Crippen LogP contribution in [0.25, 0.3) is 11.1 Å². The zero-order valence-corrected chi connectivity index (χ0v) is 19.7. The highest BCUT2D eigenvalue weighted by Gasteiger charge is 2.22. The Balaban J connectivity index is 2.06. The number of hydrogen-bond donors (Lipinski definition) is 2. The quantitative estimate of drug-likeness (QED) is 0.394. The number of allylic oxidation sites excluding steroid dienone is 3. The summed E-state index contributed by atoms with van der Waals surface area (Å²) in [6.45, 7) is 14.9. The van der Waals surface area contributed by atoms with E-state index in [-0.39, 0.29) is 17.8 Å². The van der Waals surface area contributed by atoms with Crippen LogP contribution < -0.4 is 10.6 Å². The summed E-state index contributed by atoms with van der Waals surface area (Å²) in [6, 6.07) is 8.77. The molecule has 1 fully saturated rings. The SMILES string of the molecule is C=C(CC/C(=C(\c1ccc(F)cc1)C(C)CC)c1cc(F)cc(F)c1C)NC1CCNC1=C. The van der Waals surface area contributed by atoms with Crippen LogP contribution in [0.4, 0.5) is 13.2 Å². The fraction of sp³-hybridized carbons (Fsp3) is 0.357. The maximum absolute atomic E-state index is 14.6. The lowest BCUT2D eigenvalue weighted by Crippen LogP contribution is -2.27. The predicted octanol–water partition coefficient (Wildman–Crippen LogP) is 7.13. The van der Waals surface area contributed by atoms with Crippen molar-refractivity contribution in [3.8, 4) is 0 Å². The molecular formula is C28H33F3N2. The molecule has 0 spiro atoms. The third kappa shape index (κ3) is 5.89. The molecule has 2 atom stereocenters. The van der Waals surface area contributed by atoms with Crippen LogP contribution >= 0.6 is 0 Å². The molecule has 3 rings (SSSR count). The normalized spacial score (nSPS) is 17.4.